The average molecular weight is 426 g/mol. The molecular formula is C17H26N6O5S. The van der Waals surface area contributed by atoms with Crippen LogP contribution in [-0.2, 0) is 24.4 Å². The molecule has 0 aromatic heterocycles. The van der Waals surface area contributed by atoms with Crippen LogP contribution in [0.1, 0.15) is 19.8 Å². The number of nitrogens with one attached hydrogen (secondary N) is 3. The second-order valence-corrected chi connectivity index (χ2v) is 7.89. The molecule has 0 saturated heterocycles. The van der Waals surface area contributed by atoms with Crippen molar-refractivity contribution in [3.05, 3.63) is 30.3 Å². The van der Waals surface area contributed by atoms with Gasteiger partial charge in [-0.25, -0.2) is 13.1 Å². The number of benzene rings is 1. The third-order valence-corrected chi connectivity index (χ3v) is 5.12. The highest BCUT2D eigenvalue weighted by molar-refractivity contribution is 7.89. The van der Waals surface area contributed by atoms with Crippen LogP contribution in [0.4, 0.5) is 0 Å². The van der Waals surface area contributed by atoms with Gasteiger partial charge < -0.3 is 26.9 Å². The highest BCUT2D eigenvalue weighted by Gasteiger charge is 2.20. The third-order valence-electron chi connectivity index (χ3n) is 3.71. The Morgan fingerprint density at radius 1 is 1.17 bits per heavy atom. The first-order valence-electron chi connectivity index (χ1n) is 8.81. The fourth-order valence-electron chi connectivity index (χ4n) is 2.20. The highest BCUT2D eigenvalue weighted by Crippen LogP contribution is 2.06. The molecule has 0 radical (unpaired) electrons. The highest BCUT2D eigenvalue weighted by atomic mass is 32.2. The largest absolute Gasteiger partial charge is 0.370 e. The first-order chi connectivity index (χ1) is 13.7. The summed E-state index contributed by atoms with van der Waals surface area (Å²) in [7, 11) is -3.84. The Morgan fingerprint density at radius 3 is 2.41 bits per heavy atom. The molecule has 160 valence electrons. The van der Waals surface area contributed by atoms with Crippen LogP contribution in [0.5, 0.6) is 0 Å². The predicted octanol–water partition coefficient (Wildman–Crippen LogP) is -1.79. The number of carbonyl (C=O) groups excluding carboxylic acids is 3. The lowest BCUT2D eigenvalue weighted by Crippen LogP contribution is -2.50. The van der Waals surface area contributed by atoms with Gasteiger partial charge in [0.15, 0.2) is 5.96 Å². The molecule has 29 heavy (non-hydrogen) atoms. The van der Waals surface area contributed by atoms with Gasteiger partial charge in [-0.1, -0.05) is 18.2 Å². The van der Waals surface area contributed by atoms with Gasteiger partial charge in [-0.2, -0.15) is 0 Å². The van der Waals surface area contributed by atoms with Crippen molar-refractivity contribution < 1.29 is 22.8 Å². The number of nitrogens with two attached hydrogens (primary N) is 2. The summed E-state index contributed by atoms with van der Waals surface area (Å²) in [4.78, 5) is 39.0. The van der Waals surface area contributed by atoms with Gasteiger partial charge in [0.05, 0.1) is 17.5 Å². The maximum absolute atomic E-state index is 12.1. The van der Waals surface area contributed by atoms with Crippen molar-refractivity contribution in [1.82, 2.24) is 15.4 Å². The smallest absolute Gasteiger partial charge is 0.242 e. The molecule has 0 aliphatic carbocycles. The zero-order valence-electron chi connectivity index (χ0n) is 16.0. The summed E-state index contributed by atoms with van der Waals surface area (Å²) in [5.41, 5.74) is 10.4. The lowest BCUT2D eigenvalue weighted by Gasteiger charge is -2.17. The van der Waals surface area contributed by atoms with E-state index in [1.54, 1.807) is 18.2 Å². The van der Waals surface area contributed by atoms with E-state index in [1.165, 1.54) is 19.1 Å². The monoisotopic (exact) mass is 426 g/mol. The molecule has 0 aliphatic rings. The zero-order chi connectivity index (χ0) is 21.9. The van der Waals surface area contributed by atoms with Crippen LogP contribution in [0.2, 0.25) is 0 Å². The molecule has 0 heterocycles. The minimum Gasteiger partial charge on any atom is -0.370 e. The van der Waals surface area contributed by atoms with Gasteiger partial charge in [0.25, 0.3) is 0 Å². The Balaban J connectivity index is 2.45. The Hall–Kier alpha value is -2.99. The molecule has 1 rings (SSSR count). The van der Waals surface area contributed by atoms with E-state index in [4.69, 9.17) is 11.5 Å². The maximum atomic E-state index is 12.1. The summed E-state index contributed by atoms with van der Waals surface area (Å²) in [6.45, 7) is 1.20. The summed E-state index contributed by atoms with van der Waals surface area (Å²) in [6.07, 6.45) is 1.38. The van der Waals surface area contributed by atoms with Crippen LogP contribution in [0, 0.1) is 0 Å². The van der Waals surface area contributed by atoms with E-state index in [0.29, 0.717) is 25.7 Å². The van der Waals surface area contributed by atoms with E-state index >= 15 is 0 Å². The number of sulfonamides is 1. The van der Waals surface area contributed by atoms with Gasteiger partial charge in [0.2, 0.25) is 21.8 Å². The molecule has 12 heteroatoms. The van der Waals surface area contributed by atoms with E-state index < -0.39 is 40.5 Å². The van der Waals surface area contributed by atoms with Crippen LogP contribution in [0.25, 0.3) is 0 Å². The minimum atomic E-state index is -3.84. The minimum absolute atomic E-state index is 0.0214. The molecule has 7 N–H and O–H groups in total. The van der Waals surface area contributed by atoms with E-state index in [-0.39, 0.29) is 10.9 Å². The van der Waals surface area contributed by atoms with Crippen LogP contribution in [0.15, 0.2) is 40.2 Å². The van der Waals surface area contributed by atoms with E-state index in [1.807, 2.05) is 0 Å². The van der Waals surface area contributed by atoms with Crippen LogP contribution in [-0.4, -0.2) is 57.7 Å². The number of hydrogen-bond donors (Lipinski definition) is 5. The second kappa shape index (κ2) is 11.8. The number of carbonyl (C=O) groups is 3. The van der Waals surface area contributed by atoms with Gasteiger partial charge >= 0.3 is 0 Å². The molecule has 0 bridgehead atoms. The quantitative estimate of drug-likeness (QED) is 0.113. The van der Waals surface area contributed by atoms with Crippen LogP contribution in [0.3, 0.4) is 0 Å². The fourth-order valence-corrected chi connectivity index (χ4v) is 3.21. The van der Waals surface area contributed by atoms with E-state index in [2.05, 4.69) is 20.3 Å². The molecule has 2 atom stereocenters. The Kier molecular flexibility index (Phi) is 9.75. The molecule has 0 aliphatic heterocycles. The van der Waals surface area contributed by atoms with E-state index in [9.17, 15) is 22.8 Å². The molecule has 1 unspecified atom stereocenters. The van der Waals surface area contributed by atoms with Crippen molar-refractivity contribution in [2.75, 3.05) is 13.1 Å². The molecule has 0 spiro atoms. The van der Waals surface area contributed by atoms with Crippen LogP contribution >= 0.6 is 0 Å². The van der Waals surface area contributed by atoms with Crippen molar-refractivity contribution in [2.24, 2.45) is 16.5 Å². The number of aldehydes is 1. The van der Waals surface area contributed by atoms with Crippen LogP contribution < -0.4 is 26.8 Å². The molecule has 0 fully saturated rings. The molecule has 0 saturated carbocycles. The molecule has 2 amide bonds. The number of aliphatic imine (C=N–C) groups is 1. The topological polar surface area (TPSA) is 186 Å². The van der Waals surface area contributed by atoms with Gasteiger partial charge in [-0.05, 0) is 31.9 Å². The van der Waals surface area contributed by atoms with Gasteiger partial charge in [-0.3, -0.25) is 14.6 Å². The average Bonchev–Trinajstić information content (AvgIpc) is 2.69. The van der Waals surface area contributed by atoms with Crippen molar-refractivity contribution in [1.29, 1.82) is 0 Å². The van der Waals surface area contributed by atoms with Crippen molar-refractivity contribution in [3.63, 3.8) is 0 Å². The third kappa shape index (κ3) is 9.17. The second-order valence-electron chi connectivity index (χ2n) is 6.13. The van der Waals surface area contributed by atoms with Crippen molar-refractivity contribution in [2.45, 2.75) is 36.7 Å². The summed E-state index contributed by atoms with van der Waals surface area (Å²) in [5, 5.41) is 4.85. The lowest BCUT2D eigenvalue weighted by molar-refractivity contribution is -0.129. The summed E-state index contributed by atoms with van der Waals surface area (Å²) < 4.78 is 26.3. The van der Waals surface area contributed by atoms with Gasteiger partial charge in [-0.15, -0.1) is 0 Å². The maximum Gasteiger partial charge on any atom is 0.242 e. The number of nitrogens with zero attached hydrogens (tertiary/aromatic N) is 1. The van der Waals surface area contributed by atoms with Crippen molar-refractivity contribution in [3.8, 4) is 0 Å². The summed E-state index contributed by atoms with van der Waals surface area (Å²) in [5.74, 6) is -1.33. The predicted molar refractivity (Wildman–Crippen MR) is 107 cm³/mol. The standard InChI is InChI=1S/C17H26N6O5S/c1-12(16(26)23-13(11-24)6-5-9-20-17(18)19)22-15(25)10-21-29(27,28)14-7-3-2-4-8-14/h2-4,7-8,11-13,21H,5-6,9-10H2,1H3,(H,22,25)(H,23,26)(H4,18,19,20)/t12-,13?/m0/s1. The van der Waals surface area contributed by atoms with E-state index in [0.717, 1.165) is 0 Å². The number of guanidine groups is 1. The lowest BCUT2D eigenvalue weighted by atomic mass is 10.1. The first kappa shape index (κ1) is 24.0. The van der Waals surface area contributed by atoms with Crippen molar-refractivity contribution >= 4 is 34.1 Å². The number of rotatable bonds is 12. The number of amides is 2. The Labute approximate surface area is 169 Å². The molecule has 1 aromatic rings. The fraction of sp³-hybridized carbons (Fsp3) is 0.412. The molecule has 11 nitrogen and oxygen atoms in total. The zero-order valence-corrected chi connectivity index (χ0v) is 16.8. The number of hydrogen-bond acceptors (Lipinski definition) is 6. The molecule has 1 aromatic carbocycles. The first-order valence-corrected chi connectivity index (χ1v) is 10.3. The normalized spacial score (nSPS) is 13.0. The van der Waals surface area contributed by atoms with Gasteiger partial charge in [0, 0.05) is 6.54 Å². The van der Waals surface area contributed by atoms with Gasteiger partial charge in [0.1, 0.15) is 12.3 Å². The molecular weight excluding hydrogens is 400 g/mol. The summed E-state index contributed by atoms with van der Waals surface area (Å²) >= 11 is 0. The Morgan fingerprint density at radius 2 is 1.83 bits per heavy atom. The SMILES string of the molecule is C[C@H](NC(=O)CNS(=O)(=O)c1ccccc1)C(=O)NC(C=O)CCCN=C(N)N. The Bertz CT molecular complexity index is 824. The summed E-state index contributed by atoms with van der Waals surface area (Å²) in [6, 6.07) is 5.84.